The van der Waals surface area contributed by atoms with Crippen molar-refractivity contribution in [2.75, 3.05) is 7.11 Å². The molecule has 1 heterocycles. The maximum atomic E-state index is 11.7. The lowest BCUT2D eigenvalue weighted by atomic mass is 9.99. The zero-order valence-electron chi connectivity index (χ0n) is 14.5. The molecular weight excluding hydrogens is 316 g/mol. The molecule has 4 nitrogen and oxygen atoms in total. The monoisotopic (exact) mass is 340 g/mol. The van der Waals surface area contributed by atoms with Gasteiger partial charge in [-0.2, -0.15) is 0 Å². The Kier molecular flexibility index (Phi) is 6.20. The largest absolute Gasteiger partial charge is 0.469 e. The Balaban J connectivity index is 1.67. The Morgan fingerprint density at radius 3 is 2.32 bits per heavy atom. The Bertz CT molecular complexity index is 656. The van der Waals surface area contributed by atoms with Gasteiger partial charge in [-0.3, -0.25) is 4.79 Å². The molecule has 0 spiro atoms. The van der Waals surface area contributed by atoms with Gasteiger partial charge < -0.3 is 14.2 Å². The summed E-state index contributed by atoms with van der Waals surface area (Å²) in [6.45, 7) is 0. The van der Waals surface area contributed by atoms with E-state index in [1.54, 1.807) is 0 Å². The second-order valence-corrected chi connectivity index (χ2v) is 6.30. The van der Waals surface area contributed by atoms with Crippen LogP contribution in [0.1, 0.15) is 36.7 Å². The highest BCUT2D eigenvalue weighted by Gasteiger charge is 2.32. The molecule has 4 heteroatoms. The van der Waals surface area contributed by atoms with Gasteiger partial charge in [0.1, 0.15) is 0 Å². The third-order valence-electron chi connectivity index (χ3n) is 4.45. The highest BCUT2D eigenvalue weighted by atomic mass is 16.7. The molecule has 1 aliphatic rings. The van der Waals surface area contributed by atoms with E-state index in [0.29, 0.717) is 6.42 Å². The molecule has 1 saturated heterocycles. The van der Waals surface area contributed by atoms with Crippen molar-refractivity contribution in [3.05, 3.63) is 71.8 Å². The lowest BCUT2D eigenvalue weighted by Crippen LogP contribution is -2.35. The third kappa shape index (κ3) is 5.15. The van der Waals surface area contributed by atoms with Crippen molar-refractivity contribution < 1.29 is 19.0 Å². The molecule has 0 aliphatic carbocycles. The lowest BCUT2D eigenvalue weighted by molar-refractivity contribution is -0.250. The first-order valence-corrected chi connectivity index (χ1v) is 8.71. The van der Waals surface area contributed by atoms with E-state index in [-0.39, 0.29) is 24.6 Å². The predicted octanol–water partition coefficient (Wildman–Crippen LogP) is 4.06. The summed E-state index contributed by atoms with van der Waals surface area (Å²) < 4.78 is 17.0. The second kappa shape index (κ2) is 8.79. The predicted molar refractivity (Wildman–Crippen MR) is 94.9 cm³/mol. The van der Waals surface area contributed by atoms with Crippen LogP contribution in [0.3, 0.4) is 0 Å². The molecule has 0 amide bonds. The SMILES string of the molecule is COC(=O)C[C@@H]1C[C@H](CCc2ccccc2)O[C@H](c2ccccc2)O1. The summed E-state index contributed by atoms with van der Waals surface area (Å²) in [4.78, 5) is 11.7. The minimum absolute atomic E-state index is 0.0498. The average Bonchev–Trinajstić information content (AvgIpc) is 2.67. The van der Waals surface area contributed by atoms with Crippen molar-refractivity contribution in [3.8, 4) is 0 Å². The minimum Gasteiger partial charge on any atom is -0.469 e. The zero-order chi connectivity index (χ0) is 17.5. The summed E-state index contributed by atoms with van der Waals surface area (Å²) in [7, 11) is 1.41. The van der Waals surface area contributed by atoms with Gasteiger partial charge in [0.25, 0.3) is 0 Å². The number of methoxy groups -OCH3 is 1. The van der Waals surface area contributed by atoms with Crippen molar-refractivity contribution in [2.45, 2.75) is 44.2 Å². The van der Waals surface area contributed by atoms with Gasteiger partial charge in [0, 0.05) is 12.0 Å². The van der Waals surface area contributed by atoms with Crippen LogP contribution in [0.25, 0.3) is 0 Å². The van der Waals surface area contributed by atoms with Gasteiger partial charge >= 0.3 is 5.97 Å². The lowest BCUT2D eigenvalue weighted by Gasteiger charge is -2.35. The van der Waals surface area contributed by atoms with Crippen LogP contribution in [-0.2, 0) is 25.4 Å². The number of hydrogen-bond acceptors (Lipinski definition) is 4. The fraction of sp³-hybridized carbons (Fsp3) is 0.381. The van der Waals surface area contributed by atoms with Crippen molar-refractivity contribution in [1.29, 1.82) is 0 Å². The summed E-state index contributed by atoms with van der Waals surface area (Å²) in [5.41, 5.74) is 2.26. The highest BCUT2D eigenvalue weighted by molar-refractivity contribution is 5.69. The number of carbonyl (C=O) groups is 1. The van der Waals surface area contributed by atoms with E-state index < -0.39 is 6.29 Å². The summed E-state index contributed by atoms with van der Waals surface area (Å²) in [6, 6.07) is 20.2. The van der Waals surface area contributed by atoms with Crippen LogP contribution in [0.15, 0.2) is 60.7 Å². The number of ether oxygens (including phenoxy) is 3. The molecule has 1 fully saturated rings. The molecule has 132 valence electrons. The maximum Gasteiger partial charge on any atom is 0.308 e. The molecule has 0 N–H and O–H groups in total. The Morgan fingerprint density at radius 1 is 1.00 bits per heavy atom. The first kappa shape index (κ1) is 17.6. The number of benzene rings is 2. The van der Waals surface area contributed by atoms with Gasteiger partial charge in [-0.25, -0.2) is 0 Å². The third-order valence-corrected chi connectivity index (χ3v) is 4.45. The molecule has 25 heavy (non-hydrogen) atoms. The number of rotatable bonds is 6. The van der Waals surface area contributed by atoms with Crippen LogP contribution < -0.4 is 0 Å². The zero-order valence-corrected chi connectivity index (χ0v) is 14.5. The number of hydrogen-bond donors (Lipinski definition) is 0. The average molecular weight is 340 g/mol. The van der Waals surface area contributed by atoms with E-state index in [0.717, 1.165) is 18.4 Å². The van der Waals surface area contributed by atoms with Crippen LogP contribution in [0.4, 0.5) is 0 Å². The quantitative estimate of drug-likeness (QED) is 0.744. The topological polar surface area (TPSA) is 44.8 Å². The van der Waals surface area contributed by atoms with Gasteiger partial charge in [-0.15, -0.1) is 0 Å². The molecule has 2 aromatic rings. The summed E-state index contributed by atoms with van der Waals surface area (Å²) in [5, 5.41) is 0. The van der Waals surface area contributed by atoms with Crippen molar-refractivity contribution >= 4 is 5.97 Å². The van der Waals surface area contributed by atoms with E-state index in [9.17, 15) is 4.79 Å². The first-order chi connectivity index (χ1) is 12.2. The fourth-order valence-electron chi connectivity index (χ4n) is 3.11. The van der Waals surface area contributed by atoms with E-state index in [2.05, 4.69) is 12.1 Å². The molecule has 0 saturated carbocycles. The van der Waals surface area contributed by atoms with Crippen LogP contribution in [0.2, 0.25) is 0 Å². The molecule has 0 unspecified atom stereocenters. The second-order valence-electron chi connectivity index (χ2n) is 6.30. The van der Waals surface area contributed by atoms with Gasteiger partial charge in [0.15, 0.2) is 6.29 Å². The van der Waals surface area contributed by atoms with Crippen LogP contribution in [0, 0.1) is 0 Å². The van der Waals surface area contributed by atoms with Gasteiger partial charge in [-0.1, -0.05) is 60.7 Å². The Hall–Kier alpha value is -2.17. The van der Waals surface area contributed by atoms with E-state index in [1.807, 2.05) is 48.5 Å². The molecule has 3 atom stereocenters. The maximum absolute atomic E-state index is 11.7. The van der Waals surface area contributed by atoms with Crippen molar-refractivity contribution in [3.63, 3.8) is 0 Å². The molecule has 2 aromatic carbocycles. The normalized spacial score (nSPS) is 23.2. The molecule has 0 aromatic heterocycles. The first-order valence-electron chi connectivity index (χ1n) is 8.71. The molecule has 3 rings (SSSR count). The van der Waals surface area contributed by atoms with Gasteiger partial charge in [-0.05, 0) is 18.4 Å². The van der Waals surface area contributed by atoms with Crippen LogP contribution in [-0.4, -0.2) is 25.3 Å². The number of esters is 1. The minimum atomic E-state index is -0.439. The van der Waals surface area contributed by atoms with Crippen LogP contribution >= 0.6 is 0 Å². The molecular formula is C21H24O4. The Labute approximate surface area is 148 Å². The highest BCUT2D eigenvalue weighted by Crippen LogP contribution is 2.32. The molecule has 0 radical (unpaired) electrons. The Morgan fingerprint density at radius 2 is 1.64 bits per heavy atom. The molecule has 1 aliphatic heterocycles. The van der Waals surface area contributed by atoms with Crippen molar-refractivity contribution in [2.24, 2.45) is 0 Å². The molecule has 0 bridgehead atoms. The number of carbonyl (C=O) groups excluding carboxylic acids is 1. The van der Waals surface area contributed by atoms with Gasteiger partial charge in [0.2, 0.25) is 0 Å². The van der Waals surface area contributed by atoms with Crippen LogP contribution in [0.5, 0.6) is 0 Å². The summed E-state index contributed by atoms with van der Waals surface area (Å²) >= 11 is 0. The van der Waals surface area contributed by atoms with E-state index in [1.165, 1.54) is 12.7 Å². The van der Waals surface area contributed by atoms with E-state index >= 15 is 0 Å². The standard InChI is InChI=1S/C21H24O4/c1-23-20(22)15-19-14-18(13-12-16-8-4-2-5-9-16)24-21(25-19)17-10-6-3-7-11-17/h2-11,18-19,21H,12-15H2,1H3/t18-,19-,21-/m0/s1. The van der Waals surface area contributed by atoms with E-state index in [4.69, 9.17) is 14.2 Å². The fourth-order valence-corrected chi connectivity index (χ4v) is 3.11. The number of aryl methyl sites for hydroxylation is 1. The van der Waals surface area contributed by atoms with Crippen molar-refractivity contribution in [1.82, 2.24) is 0 Å². The van der Waals surface area contributed by atoms with Gasteiger partial charge in [0.05, 0.1) is 25.7 Å². The smallest absolute Gasteiger partial charge is 0.308 e. The summed E-state index contributed by atoms with van der Waals surface area (Å²) in [6.07, 6.45) is 2.22. The summed E-state index contributed by atoms with van der Waals surface area (Å²) in [5.74, 6) is -0.250.